The fourth-order valence-electron chi connectivity index (χ4n) is 3.52. The number of hydrogen-bond donors (Lipinski definition) is 2. The Kier molecular flexibility index (Phi) is 6.92. The maximum atomic E-state index is 12.8. The average molecular weight is 415 g/mol. The van der Waals surface area contributed by atoms with Gasteiger partial charge in [-0.2, -0.15) is 0 Å². The van der Waals surface area contributed by atoms with E-state index >= 15 is 0 Å². The molecule has 2 N–H and O–H groups in total. The maximum absolute atomic E-state index is 12.8. The second-order valence-corrected chi connectivity index (χ2v) is 7.57. The van der Waals surface area contributed by atoms with Crippen LogP contribution in [0.15, 0.2) is 36.4 Å². The molecule has 162 valence electrons. The van der Waals surface area contributed by atoms with Crippen molar-refractivity contribution in [3.05, 3.63) is 47.5 Å². The van der Waals surface area contributed by atoms with Crippen LogP contribution in [0.1, 0.15) is 44.0 Å². The molecule has 1 aliphatic rings. The van der Waals surface area contributed by atoms with Gasteiger partial charge in [0.1, 0.15) is 24.7 Å². The summed E-state index contributed by atoms with van der Waals surface area (Å²) >= 11 is 0. The van der Waals surface area contributed by atoms with Crippen molar-refractivity contribution in [2.75, 3.05) is 27.4 Å². The molecule has 0 saturated heterocycles. The zero-order chi connectivity index (χ0) is 21.7. The summed E-state index contributed by atoms with van der Waals surface area (Å²) in [4.78, 5) is 12.8. The van der Waals surface area contributed by atoms with Crippen LogP contribution in [0, 0.1) is 5.92 Å². The summed E-state index contributed by atoms with van der Waals surface area (Å²) in [7, 11) is 3.21. The van der Waals surface area contributed by atoms with Crippen LogP contribution in [0.25, 0.3) is 0 Å². The average Bonchev–Trinajstić information content (AvgIpc) is 2.76. The van der Waals surface area contributed by atoms with Crippen molar-refractivity contribution in [1.29, 1.82) is 0 Å². The first kappa shape index (κ1) is 21.6. The third-order valence-electron chi connectivity index (χ3n) is 5.13. The molecular formula is C23H30N2O5. The Bertz CT molecular complexity index is 884. The molecule has 0 fully saturated rings. The Morgan fingerprint density at radius 1 is 0.933 bits per heavy atom. The molecule has 0 spiro atoms. The van der Waals surface area contributed by atoms with Crippen LogP contribution in [0.2, 0.25) is 0 Å². The summed E-state index contributed by atoms with van der Waals surface area (Å²) < 4.78 is 22.0. The molecule has 2 aromatic carbocycles. The van der Waals surface area contributed by atoms with Crippen LogP contribution in [-0.4, -0.2) is 33.5 Å². The van der Waals surface area contributed by atoms with E-state index in [1.54, 1.807) is 14.2 Å². The molecule has 3 rings (SSSR count). The normalized spacial score (nSPS) is 14.6. The zero-order valence-electron chi connectivity index (χ0n) is 18.2. The summed E-state index contributed by atoms with van der Waals surface area (Å²) in [5.41, 5.74) is 1.81. The first-order valence-electron chi connectivity index (χ1n) is 10.1. The van der Waals surface area contributed by atoms with Crippen molar-refractivity contribution in [3.8, 4) is 23.0 Å². The highest BCUT2D eigenvalue weighted by atomic mass is 16.6. The largest absolute Gasteiger partial charge is 0.497 e. The SMILES string of the molecule is COc1ccc(OC)c([C@H](C)NC(=O)N[C@H](c2ccc3c(c2)OCCO3)C(C)C)c1. The van der Waals surface area contributed by atoms with Gasteiger partial charge in [-0.15, -0.1) is 0 Å². The van der Waals surface area contributed by atoms with E-state index in [9.17, 15) is 4.79 Å². The van der Waals surface area contributed by atoms with Crippen LogP contribution in [0.4, 0.5) is 4.79 Å². The molecule has 0 aromatic heterocycles. The number of carbonyl (C=O) groups is 1. The minimum atomic E-state index is -0.275. The number of fused-ring (bicyclic) bond motifs is 1. The van der Waals surface area contributed by atoms with Gasteiger partial charge < -0.3 is 29.6 Å². The molecular weight excluding hydrogens is 384 g/mol. The molecule has 0 unspecified atom stereocenters. The van der Waals surface area contributed by atoms with Crippen LogP contribution >= 0.6 is 0 Å². The second kappa shape index (κ2) is 9.61. The summed E-state index contributed by atoms with van der Waals surface area (Å²) in [6.45, 7) is 7.11. The Hall–Kier alpha value is -3.09. The van der Waals surface area contributed by atoms with Crippen LogP contribution in [-0.2, 0) is 0 Å². The van der Waals surface area contributed by atoms with E-state index in [0.29, 0.717) is 30.5 Å². The number of hydrogen-bond acceptors (Lipinski definition) is 5. The zero-order valence-corrected chi connectivity index (χ0v) is 18.2. The van der Waals surface area contributed by atoms with Crippen molar-refractivity contribution in [3.63, 3.8) is 0 Å². The lowest BCUT2D eigenvalue weighted by molar-refractivity contribution is 0.171. The smallest absolute Gasteiger partial charge is 0.315 e. The van der Waals surface area contributed by atoms with Gasteiger partial charge in [0.25, 0.3) is 0 Å². The predicted molar refractivity (Wildman–Crippen MR) is 115 cm³/mol. The number of urea groups is 1. The summed E-state index contributed by atoms with van der Waals surface area (Å²) in [5, 5.41) is 6.09. The number of amides is 2. The van der Waals surface area contributed by atoms with E-state index in [-0.39, 0.29) is 24.0 Å². The molecule has 2 atom stereocenters. The molecule has 2 amide bonds. The van der Waals surface area contributed by atoms with Crippen LogP contribution < -0.4 is 29.6 Å². The number of ether oxygens (including phenoxy) is 4. The fourth-order valence-corrected chi connectivity index (χ4v) is 3.52. The van der Waals surface area contributed by atoms with Crippen molar-refractivity contribution in [1.82, 2.24) is 10.6 Å². The van der Waals surface area contributed by atoms with E-state index in [4.69, 9.17) is 18.9 Å². The number of rotatable bonds is 7. The van der Waals surface area contributed by atoms with Crippen molar-refractivity contribution in [2.45, 2.75) is 32.9 Å². The van der Waals surface area contributed by atoms with E-state index in [1.807, 2.05) is 43.3 Å². The second-order valence-electron chi connectivity index (χ2n) is 7.57. The van der Waals surface area contributed by atoms with Gasteiger partial charge in [0, 0.05) is 5.56 Å². The Balaban J connectivity index is 1.73. The predicted octanol–water partition coefficient (Wildman–Crippen LogP) is 4.23. The first-order valence-corrected chi connectivity index (χ1v) is 10.1. The van der Waals surface area contributed by atoms with Gasteiger partial charge in [-0.1, -0.05) is 19.9 Å². The van der Waals surface area contributed by atoms with E-state index in [1.165, 1.54) is 0 Å². The summed E-state index contributed by atoms with van der Waals surface area (Å²) in [5.74, 6) is 3.02. The minimum absolute atomic E-state index is 0.180. The third-order valence-corrected chi connectivity index (χ3v) is 5.13. The van der Waals surface area contributed by atoms with Gasteiger partial charge >= 0.3 is 6.03 Å². The first-order chi connectivity index (χ1) is 14.4. The molecule has 7 nitrogen and oxygen atoms in total. The standard InChI is InChI=1S/C23H30N2O5/c1-14(2)22(16-6-8-20-21(12-16)30-11-10-29-20)25-23(26)24-15(3)18-13-17(27-4)7-9-19(18)28-5/h6-9,12-15,22H,10-11H2,1-5H3,(H2,24,25,26)/t15-,22-/m0/s1. The third kappa shape index (κ3) is 4.90. The minimum Gasteiger partial charge on any atom is -0.497 e. The quantitative estimate of drug-likeness (QED) is 0.709. The monoisotopic (exact) mass is 414 g/mol. The van der Waals surface area contributed by atoms with Crippen molar-refractivity contribution >= 4 is 6.03 Å². The van der Waals surface area contributed by atoms with Gasteiger partial charge in [0.15, 0.2) is 11.5 Å². The molecule has 1 aliphatic heterocycles. The van der Waals surface area contributed by atoms with Gasteiger partial charge in [0.05, 0.1) is 26.3 Å². The van der Waals surface area contributed by atoms with Gasteiger partial charge in [-0.25, -0.2) is 4.79 Å². The van der Waals surface area contributed by atoms with Gasteiger partial charge in [-0.05, 0) is 48.7 Å². The summed E-state index contributed by atoms with van der Waals surface area (Å²) in [6.07, 6.45) is 0. The molecule has 0 aliphatic carbocycles. The number of methoxy groups -OCH3 is 2. The highest BCUT2D eigenvalue weighted by Gasteiger charge is 2.23. The number of carbonyl (C=O) groups excluding carboxylic acids is 1. The van der Waals surface area contributed by atoms with E-state index < -0.39 is 0 Å². The van der Waals surface area contributed by atoms with Crippen molar-refractivity contribution < 1.29 is 23.7 Å². The molecule has 0 saturated carbocycles. The fraction of sp³-hybridized carbons (Fsp3) is 0.435. The van der Waals surface area contributed by atoms with Crippen molar-refractivity contribution in [2.24, 2.45) is 5.92 Å². The lowest BCUT2D eigenvalue weighted by Gasteiger charge is -2.26. The van der Waals surface area contributed by atoms with Crippen LogP contribution in [0.5, 0.6) is 23.0 Å². The van der Waals surface area contributed by atoms with Gasteiger partial charge in [0.2, 0.25) is 0 Å². The highest BCUT2D eigenvalue weighted by Crippen LogP contribution is 2.34. The maximum Gasteiger partial charge on any atom is 0.315 e. The Labute approximate surface area is 177 Å². The number of benzene rings is 2. The highest BCUT2D eigenvalue weighted by molar-refractivity contribution is 5.75. The molecule has 7 heteroatoms. The molecule has 1 heterocycles. The molecule has 0 bridgehead atoms. The van der Waals surface area contributed by atoms with E-state index in [0.717, 1.165) is 16.9 Å². The molecule has 0 radical (unpaired) electrons. The Morgan fingerprint density at radius 2 is 1.67 bits per heavy atom. The molecule has 30 heavy (non-hydrogen) atoms. The number of nitrogens with one attached hydrogen (secondary N) is 2. The topological polar surface area (TPSA) is 78.1 Å². The van der Waals surface area contributed by atoms with E-state index in [2.05, 4.69) is 24.5 Å². The van der Waals surface area contributed by atoms with Gasteiger partial charge in [-0.3, -0.25) is 0 Å². The lowest BCUT2D eigenvalue weighted by Crippen LogP contribution is -2.40. The molecule has 2 aromatic rings. The summed E-state index contributed by atoms with van der Waals surface area (Å²) in [6, 6.07) is 10.6. The van der Waals surface area contributed by atoms with Crippen LogP contribution in [0.3, 0.4) is 0 Å². The lowest BCUT2D eigenvalue weighted by atomic mass is 9.95. The Morgan fingerprint density at radius 3 is 2.33 bits per heavy atom.